The van der Waals surface area contributed by atoms with Crippen LogP contribution < -0.4 is 16.5 Å². The van der Waals surface area contributed by atoms with Gasteiger partial charge in [-0.1, -0.05) is 19.3 Å². The Balaban J connectivity index is 0.000000924. The van der Waals surface area contributed by atoms with Crippen molar-refractivity contribution in [2.45, 2.75) is 40.7 Å². The molecular weight excluding hydrogens is 303 g/mol. The molecule has 4 nitrogen and oxygen atoms in total. The Bertz CT molecular complexity index is 680. The van der Waals surface area contributed by atoms with E-state index in [1.165, 1.54) is 16.5 Å². The molecule has 0 saturated heterocycles. The fraction of sp³-hybridized carbons (Fsp3) is 0.412. The van der Waals surface area contributed by atoms with Gasteiger partial charge in [0.05, 0.1) is 12.2 Å². The second-order valence-electron chi connectivity index (χ2n) is 5.19. The third-order valence-corrected chi connectivity index (χ3v) is 4.45. The molecule has 1 aliphatic rings. The smallest absolute Gasteiger partial charge is 0.192 e. The van der Waals surface area contributed by atoms with Gasteiger partial charge in [-0.3, -0.25) is 4.98 Å². The van der Waals surface area contributed by atoms with Crippen molar-refractivity contribution in [3.63, 3.8) is 0 Å². The monoisotopic (exact) mass is 327 g/mol. The Morgan fingerprint density at radius 3 is 2.74 bits per heavy atom. The highest BCUT2D eigenvalue weighted by molar-refractivity contribution is 7.09. The van der Waals surface area contributed by atoms with Crippen LogP contribution in [0, 0.1) is 6.92 Å². The summed E-state index contributed by atoms with van der Waals surface area (Å²) in [6, 6.07) is 2.10. The predicted molar refractivity (Wildman–Crippen MR) is 101 cm³/mol. The number of aromatic nitrogens is 2. The van der Waals surface area contributed by atoms with Gasteiger partial charge in [0, 0.05) is 23.0 Å². The lowest BCUT2D eigenvalue weighted by atomic mass is 9.65. The van der Waals surface area contributed by atoms with E-state index in [2.05, 4.69) is 35.6 Å². The molecule has 0 aromatic carbocycles. The average Bonchev–Trinajstić information content (AvgIpc) is 3.18. The van der Waals surface area contributed by atoms with Gasteiger partial charge in [-0.15, -0.1) is 11.3 Å². The van der Waals surface area contributed by atoms with Gasteiger partial charge in [-0.05, 0) is 43.9 Å². The molecular formula is C17H24BN4S. The Hall–Kier alpha value is -1.66. The second-order valence-corrected chi connectivity index (χ2v) is 6.17. The highest BCUT2D eigenvalue weighted by atomic mass is 32.1. The van der Waals surface area contributed by atoms with Crippen LogP contribution in [0.15, 0.2) is 23.1 Å². The molecule has 6 heteroatoms. The SMILES string of the molecule is CC.CC1=C(CCN)[B]c2c(NCc3nccs3)cc(C)nc21. The van der Waals surface area contributed by atoms with Crippen molar-refractivity contribution in [2.24, 2.45) is 5.73 Å². The normalized spacial score (nSPS) is 12.4. The fourth-order valence-electron chi connectivity index (χ4n) is 2.62. The summed E-state index contributed by atoms with van der Waals surface area (Å²) in [4.78, 5) is 9.00. The van der Waals surface area contributed by atoms with Crippen LogP contribution in [0.5, 0.6) is 0 Å². The summed E-state index contributed by atoms with van der Waals surface area (Å²) in [5, 5.41) is 6.57. The fourth-order valence-corrected chi connectivity index (χ4v) is 3.18. The molecule has 1 radical (unpaired) electrons. The molecule has 3 N–H and O–H groups in total. The van der Waals surface area contributed by atoms with Crippen molar-refractivity contribution >= 4 is 35.3 Å². The molecule has 23 heavy (non-hydrogen) atoms. The molecule has 0 spiro atoms. The maximum Gasteiger partial charge on any atom is 0.192 e. The van der Waals surface area contributed by atoms with Crippen LogP contribution in [0.4, 0.5) is 5.69 Å². The minimum Gasteiger partial charge on any atom is -0.379 e. The highest BCUT2D eigenvalue weighted by Crippen LogP contribution is 2.26. The summed E-state index contributed by atoms with van der Waals surface area (Å²) in [6.07, 6.45) is 2.73. The van der Waals surface area contributed by atoms with Crippen LogP contribution in [0.1, 0.15) is 43.6 Å². The number of nitrogens with zero attached hydrogens (tertiary/aromatic N) is 2. The van der Waals surface area contributed by atoms with E-state index in [0.29, 0.717) is 6.54 Å². The largest absolute Gasteiger partial charge is 0.379 e. The quantitative estimate of drug-likeness (QED) is 0.829. The van der Waals surface area contributed by atoms with Gasteiger partial charge in [-0.25, -0.2) is 4.98 Å². The van der Waals surface area contributed by atoms with Crippen LogP contribution in [0.3, 0.4) is 0 Å². The lowest BCUT2D eigenvalue weighted by Gasteiger charge is -2.12. The number of rotatable bonds is 5. The van der Waals surface area contributed by atoms with Crippen LogP contribution in [0.25, 0.3) is 5.57 Å². The van der Waals surface area contributed by atoms with E-state index in [1.54, 1.807) is 11.3 Å². The first-order valence-corrected chi connectivity index (χ1v) is 8.96. The Morgan fingerprint density at radius 1 is 1.30 bits per heavy atom. The van der Waals surface area contributed by atoms with E-state index in [-0.39, 0.29) is 0 Å². The second kappa shape index (κ2) is 8.27. The summed E-state index contributed by atoms with van der Waals surface area (Å²) in [5.74, 6) is 0. The van der Waals surface area contributed by atoms with Crippen LogP contribution >= 0.6 is 11.3 Å². The number of pyridine rings is 1. The maximum atomic E-state index is 5.70. The summed E-state index contributed by atoms with van der Waals surface area (Å²) < 4.78 is 0. The lowest BCUT2D eigenvalue weighted by Crippen LogP contribution is -2.22. The Labute approximate surface area is 143 Å². The standard InChI is InChI=1S/C15H18BN4S.C2H6/c1-9-7-12(19-8-13-18-5-6-21-13)14-15(20-9)10(2)11(16-14)3-4-17;1-2/h5-7H,3-4,8,17H2,1-2H3,(H,19,20);1-2H3. The molecule has 0 saturated carbocycles. The minimum atomic E-state index is 0.665. The van der Waals surface area contributed by atoms with Crippen LogP contribution in [0.2, 0.25) is 0 Å². The van der Waals surface area contributed by atoms with Gasteiger partial charge in [-0.2, -0.15) is 0 Å². The van der Waals surface area contributed by atoms with E-state index < -0.39 is 0 Å². The molecule has 0 aliphatic carbocycles. The van der Waals surface area contributed by atoms with Gasteiger partial charge < -0.3 is 11.1 Å². The van der Waals surface area contributed by atoms with Crippen molar-refractivity contribution < 1.29 is 0 Å². The molecule has 3 rings (SSSR count). The van der Waals surface area contributed by atoms with E-state index in [9.17, 15) is 0 Å². The molecule has 2 aromatic rings. The average molecular weight is 327 g/mol. The van der Waals surface area contributed by atoms with Gasteiger partial charge >= 0.3 is 0 Å². The molecule has 121 valence electrons. The van der Waals surface area contributed by atoms with Gasteiger partial charge in [0.15, 0.2) is 7.28 Å². The first-order valence-electron chi connectivity index (χ1n) is 8.08. The summed E-state index contributed by atoms with van der Waals surface area (Å²) in [5.41, 5.74) is 12.7. The molecule has 0 bridgehead atoms. The van der Waals surface area contributed by atoms with Crippen LogP contribution in [-0.2, 0) is 6.54 Å². The molecule has 0 atom stereocenters. The van der Waals surface area contributed by atoms with E-state index >= 15 is 0 Å². The summed E-state index contributed by atoms with van der Waals surface area (Å²) in [7, 11) is 2.22. The molecule has 0 amide bonds. The van der Waals surface area contributed by atoms with Gasteiger partial charge in [0.25, 0.3) is 0 Å². The van der Waals surface area contributed by atoms with E-state index in [4.69, 9.17) is 5.73 Å². The zero-order valence-corrected chi connectivity index (χ0v) is 15.1. The lowest BCUT2D eigenvalue weighted by molar-refractivity contribution is 0.993. The zero-order valence-electron chi connectivity index (χ0n) is 14.3. The van der Waals surface area contributed by atoms with Crippen molar-refractivity contribution in [1.82, 2.24) is 9.97 Å². The number of nitrogens with one attached hydrogen (secondary N) is 1. The Morgan fingerprint density at radius 2 is 2.09 bits per heavy atom. The topological polar surface area (TPSA) is 63.8 Å². The number of hydrogen-bond donors (Lipinski definition) is 2. The molecule has 0 unspecified atom stereocenters. The number of hydrogen-bond acceptors (Lipinski definition) is 5. The third-order valence-electron chi connectivity index (χ3n) is 3.67. The number of thiazole rings is 1. The van der Waals surface area contributed by atoms with Crippen molar-refractivity contribution in [2.75, 3.05) is 11.9 Å². The van der Waals surface area contributed by atoms with Gasteiger partial charge in [0.2, 0.25) is 0 Å². The van der Waals surface area contributed by atoms with Crippen LogP contribution in [-0.4, -0.2) is 23.8 Å². The molecule has 0 fully saturated rings. The number of anilines is 1. The first kappa shape index (κ1) is 17.7. The predicted octanol–water partition coefficient (Wildman–Crippen LogP) is 2.91. The van der Waals surface area contributed by atoms with Crippen molar-refractivity contribution in [3.05, 3.63) is 39.5 Å². The molecule has 3 heterocycles. The number of fused-ring (bicyclic) bond motifs is 1. The number of allylic oxidation sites excluding steroid dienone is 1. The molecule has 1 aliphatic heterocycles. The van der Waals surface area contributed by atoms with Crippen molar-refractivity contribution in [3.8, 4) is 0 Å². The first-order chi connectivity index (χ1) is 11.2. The number of nitrogens with two attached hydrogens (primary N) is 1. The maximum absolute atomic E-state index is 5.70. The van der Waals surface area contributed by atoms with E-state index in [1.807, 2.05) is 32.3 Å². The van der Waals surface area contributed by atoms with Crippen molar-refractivity contribution in [1.29, 1.82) is 0 Å². The zero-order chi connectivity index (χ0) is 16.8. The summed E-state index contributed by atoms with van der Waals surface area (Å²) in [6.45, 7) is 9.57. The Kier molecular flexibility index (Phi) is 6.36. The highest BCUT2D eigenvalue weighted by Gasteiger charge is 2.23. The minimum absolute atomic E-state index is 0.665. The number of aryl methyl sites for hydroxylation is 1. The molecule has 2 aromatic heterocycles. The van der Waals surface area contributed by atoms with E-state index in [0.717, 1.165) is 35.0 Å². The summed E-state index contributed by atoms with van der Waals surface area (Å²) >= 11 is 1.66. The third kappa shape index (κ3) is 4.01. The van der Waals surface area contributed by atoms with Gasteiger partial charge in [0.1, 0.15) is 5.01 Å².